The Morgan fingerprint density at radius 3 is 1.57 bits per heavy atom. The zero-order valence-electron chi connectivity index (χ0n) is 3.79. The molecule has 0 saturated carbocycles. The molecule has 0 aromatic heterocycles. The van der Waals surface area contributed by atoms with Crippen LogP contribution in [-0.4, -0.2) is 17.5 Å². The van der Waals surface area contributed by atoms with Gasteiger partial charge < -0.3 is 4.55 Å². The van der Waals surface area contributed by atoms with Crippen LogP contribution < -0.4 is 0 Å². The fourth-order valence-electron chi connectivity index (χ4n) is 0. The predicted octanol–water partition coefficient (Wildman–Crippen LogP) is -0.414. The Morgan fingerprint density at radius 1 is 1.57 bits per heavy atom. The quantitative estimate of drug-likeness (QED) is 0.375. The van der Waals surface area contributed by atoms with Gasteiger partial charge in [0.15, 0.2) is 0 Å². The normalized spacial score (nSPS) is 9.29. The first kappa shape index (κ1) is 10.7. The van der Waals surface area contributed by atoms with E-state index >= 15 is 0 Å². The average Bonchev–Trinajstić information content (AvgIpc) is 1.36. The summed E-state index contributed by atoms with van der Waals surface area (Å²) in [5.74, 6) is 0. The molecule has 0 fully saturated rings. The Kier molecular flexibility index (Phi) is 7.59. The summed E-state index contributed by atoms with van der Waals surface area (Å²) in [4.78, 5) is 0. The van der Waals surface area contributed by atoms with Gasteiger partial charge in [0.2, 0.25) is 10.4 Å². The van der Waals surface area contributed by atoms with E-state index in [1.54, 1.807) is 0 Å². The molecule has 0 bridgehead atoms. The van der Waals surface area contributed by atoms with Gasteiger partial charge in [0.25, 0.3) is 0 Å². The second kappa shape index (κ2) is 4.95. The predicted molar refractivity (Wildman–Crippen MR) is 18.2 cm³/mol. The third-order valence-corrected chi connectivity index (χ3v) is 0. The van der Waals surface area contributed by atoms with Crippen molar-refractivity contribution in [1.29, 1.82) is 0 Å². The van der Waals surface area contributed by atoms with E-state index in [4.69, 9.17) is 17.5 Å². The van der Waals surface area contributed by atoms with Crippen molar-refractivity contribution < 1.29 is 43.6 Å². The van der Waals surface area contributed by atoms with Crippen molar-refractivity contribution in [3.05, 3.63) is 0 Å². The summed E-state index contributed by atoms with van der Waals surface area (Å²) in [6, 6.07) is 0. The van der Waals surface area contributed by atoms with Crippen LogP contribution in [0.5, 0.6) is 0 Å². The molecule has 7 heavy (non-hydrogen) atoms. The van der Waals surface area contributed by atoms with Gasteiger partial charge >= 0.3 is 30.6 Å². The molecule has 0 heterocycles. The van der Waals surface area contributed by atoms with Gasteiger partial charge in [0.1, 0.15) is 0 Å². The van der Waals surface area contributed by atoms with Gasteiger partial charge in [-0.05, 0) is 0 Å². The van der Waals surface area contributed by atoms with Crippen molar-refractivity contribution in [2.45, 2.75) is 4.43 Å². The van der Waals surface area contributed by atoms with Gasteiger partial charge in [-0.2, -0.15) is 0 Å². The van der Waals surface area contributed by atoms with Crippen LogP contribution in [0.25, 0.3) is 0 Å². The zero-order chi connectivity index (χ0) is 6.50. The summed E-state index contributed by atoms with van der Waals surface area (Å²) in [6.07, 6.45) is 0. The van der Waals surface area contributed by atoms with E-state index < -0.39 is 10.4 Å². The van der Waals surface area contributed by atoms with Crippen LogP contribution in [0.1, 0.15) is 0 Å². The molecular formula is CH4HgO4S. The average molecular weight is 313 g/mol. The summed E-state index contributed by atoms with van der Waals surface area (Å²) < 4.78 is 35.0. The van der Waals surface area contributed by atoms with E-state index in [9.17, 15) is 0 Å². The summed E-state index contributed by atoms with van der Waals surface area (Å²) >= 11 is 1.03. The molecule has 0 aliphatic rings. The minimum atomic E-state index is -4.92. The van der Waals surface area contributed by atoms with Gasteiger partial charge in [-0.25, -0.2) is 8.42 Å². The first-order valence-corrected chi connectivity index (χ1v) is 8.25. The van der Waals surface area contributed by atoms with E-state index in [-0.39, 0.29) is 0 Å². The topological polar surface area (TPSA) is 77.4 Å². The van der Waals surface area contributed by atoms with Gasteiger partial charge in [0, 0.05) is 0 Å². The second-order valence-corrected chi connectivity index (χ2v) is 1.28. The molecule has 0 aromatic rings. The third kappa shape index (κ3) is 242. The van der Waals surface area contributed by atoms with Crippen LogP contribution in [0.2, 0.25) is 4.43 Å². The molecule has 0 rings (SSSR count). The number of hydrogen-bond donors (Lipinski definition) is 1. The molecule has 0 atom stereocenters. The molecule has 0 aliphatic carbocycles. The summed E-state index contributed by atoms with van der Waals surface area (Å²) in [7, 11) is -4.92. The van der Waals surface area contributed by atoms with Crippen LogP contribution in [-0.2, 0) is 36.5 Å². The van der Waals surface area contributed by atoms with Gasteiger partial charge in [-0.1, -0.05) is 0 Å². The molecule has 0 spiro atoms. The molecule has 0 saturated heterocycles. The van der Waals surface area contributed by atoms with Crippen LogP contribution >= 0.6 is 0 Å². The number of hydrogen-bond acceptors (Lipinski definition) is 3. The molecule has 0 radical (unpaired) electrons. The molecule has 4 nitrogen and oxygen atoms in total. The molecule has 6 heteroatoms. The summed E-state index contributed by atoms with van der Waals surface area (Å²) in [5.41, 5.74) is 0. The van der Waals surface area contributed by atoms with E-state index in [2.05, 4.69) is 4.43 Å². The standard InChI is InChI=1S/CH3.Hg.H2O4S/c;;1-5(2,3)4/h1H3;;(H2,1,2,3,4)/q;+1;/p-1. The monoisotopic (exact) mass is 314 g/mol. The Balaban J connectivity index is 0. The SMILES string of the molecule is O=S(=O)([O-])O.[CH3][Hg+]. The third-order valence-electron chi connectivity index (χ3n) is 0. The summed E-state index contributed by atoms with van der Waals surface area (Å²) in [5, 5.41) is 0. The Hall–Kier alpha value is 0.805. The van der Waals surface area contributed by atoms with Crippen molar-refractivity contribution in [1.82, 2.24) is 0 Å². The fourth-order valence-corrected chi connectivity index (χ4v) is 0. The minimum absolute atomic E-state index is 1.03. The maximum absolute atomic E-state index is 8.63. The van der Waals surface area contributed by atoms with Gasteiger partial charge in [0.05, 0.1) is 0 Å². The van der Waals surface area contributed by atoms with Crippen molar-refractivity contribution in [2.24, 2.45) is 0 Å². The van der Waals surface area contributed by atoms with Crippen molar-refractivity contribution >= 4 is 10.4 Å². The fraction of sp³-hybridized carbons (Fsp3) is 1.00. The van der Waals surface area contributed by atoms with Gasteiger partial charge in [-0.15, -0.1) is 0 Å². The van der Waals surface area contributed by atoms with Gasteiger partial charge in [-0.3, -0.25) is 4.55 Å². The molecule has 0 aromatic carbocycles. The maximum atomic E-state index is 8.63. The molecule has 1 N–H and O–H groups in total. The van der Waals surface area contributed by atoms with E-state index in [1.165, 1.54) is 0 Å². The van der Waals surface area contributed by atoms with E-state index in [0.717, 1.165) is 26.1 Å². The van der Waals surface area contributed by atoms with E-state index in [1.807, 2.05) is 0 Å². The first-order valence-electron chi connectivity index (χ1n) is 1.39. The first-order chi connectivity index (χ1) is 3.00. The molecule has 0 unspecified atom stereocenters. The molecule has 40 valence electrons. The number of rotatable bonds is 0. The van der Waals surface area contributed by atoms with Crippen LogP contribution in [0.15, 0.2) is 0 Å². The Bertz CT molecular complexity index is 94.9. The van der Waals surface area contributed by atoms with Crippen molar-refractivity contribution in [3.8, 4) is 0 Å². The van der Waals surface area contributed by atoms with E-state index in [0.29, 0.717) is 0 Å². The molecule has 0 amide bonds. The summed E-state index contributed by atoms with van der Waals surface area (Å²) in [6.45, 7) is 0. The van der Waals surface area contributed by atoms with Crippen molar-refractivity contribution in [3.63, 3.8) is 0 Å². The van der Waals surface area contributed by atoms with Crippen LogP contribution in [0.4, 0.5) is 0 Å². The zero-order valence-corrected chi connectivity index (χ0v) is 10.1. The molecule has 0 aliphatic heterocycles. The Labute approximate surface area is 58.5 Å². The van der Waals surface area contributed by atoms with Crippen LogP contribution in [0.3, 0.4) is 0 Å². The van der Waals surface area contributed by atoms with Crippen LogP contribution in [0, 0.1) is 0 Å². The molecular weight excluding hydrogens is 309 g/mol. The van der Waals surface area contributed by atoms with Crippen molar-refractivity contribution in [2.75, 3.05) is 0 Å². The second-order valence-electron chi connectivity index (χ2n) is 0.428. The Morgan fingerprint density at radius 2 is 1.57 bits per heavy atom.